The van der Waals surface area contributed by atoms with E-state index in [1.165, 1.54) is 99.8 Å². The van der Waals surface area contributed by atoms with Crippen LogP contribution in [0, 0.1) is 27.2 Å². The topological polar surface area (TPSA) is 104 Å². The third-order valence-corrected chi connectivity index (χ3v) is 22.6. The Morgan fingerprint density at radius 3 is 1.29 bits per heavy atom. The second-order valence-corrected chi connectivity index (χ2v) is 50.0. The van der Waals surface area contributed by atoms with Crippen LogP contribution in [-0.2, 0) is 18.9 Å². The molecule has 4 fully saturated rings. The number of hydrogen-bond acceptors (Lipinski definition) is 10. The van der Waals surface area contributed by atoms with Crippen LogP contribution in [0.2, 0.25) is 103 Å². The summed E-state index contributed by atoms with van der Waals surface area (Å²) in [6, 6.07) is 11.3. The van der Waals surface area contributed by atoms with Crippen LogP contribution in [0.4, 0.5) is 11.6 Å². The first kappa shape index (κ1) is 55.0. The summed E-state index contributed by atoms with van der Waals surface area (Å²) in [6.45, 7) is 34.0. The molecule has 0 N–H and O–H groups in total. The van der Waals surface area contributed by atoms with Crippen LogP contribution in [0.3, 0.4) is 0 Å². The molecule has 0 spiro atoms. The SMILES string of the molecule is C[Si](C)(C)CCOCN(COCC[Si](C)(C)C)c1cc(C2CC3CCC(C3)C2)nc2c(I)cnn12.C[Si](C)(C)CCOCN(COCC[Si](C)(C)C)c1cc(C2CC3CCC(C3)C2)nc2ccnn12. The maximum absolute atomic E-state index is 6.24. The molecule has 4 bridgehead atoms. The van der Waals surface area contributed by atoms with Crippen molar-refractivity contribution in [2.45, 2.75) is 179 Å². The Kier molecular flexibility index (Phi) is 19.2. The molecule has 4 aromatic rings. The van der Waals surface area contributed by atoms with Gasteiger partial charge in [-0.3, -0.25) is 0 Å². The first-order chi connectivity index (χ1) is 32.6. The van der Waals surface area contributed by atoms with E-state index < -0.39 is 32.3 Å². The molecule has 4 aliphatic carbocycles. The fraction of sp³-hybridized carbons (Fsp3) is 0.769. The number of nitrogens with zero attached hydrogens (tertiary/aromatic N) is 8. The average molecular weight is 1130 g/mol. The molecule has 4 atom stereocenters. The van der Waals surface area contributed by atoms with Gasteiger partial charge in [-0.25, -0.2) is 9.97 Å². The molecule has 17 heteroatoms. The van der Waals surface area contributed by atoms with Crippen molar-refractivity contribution in [3.63, 3.8) is 0 Å². The van der Waals surface area contributed by atoms with Crippen LogP contribution in [0.5, 0.6) is 0 Å². The fourth-order valence-corrected chi connectivity index (χ4v) is 14.3. The number of halogens is 1. The van der Waals surface area contributed by atoms with Gasteiger partial charge in [-0.2, -0.15) is 19.2 Å². The van der Waals surface area contributed by atoms with Crippen LogP contribution in [-0.4, -0.2) is 115 Å². The quantitative estimate of drug-likeness (QED) is 0.0292. The molecular weight excluding hydrogens is 1040 g/mol. The molecule has 0 aromatic carbocycles. The number of hydrogen-bond donors (Lipinski definition) is 0. The van der Waals surface area contributed by atoms with Crippen molar-refractivity contribution in [3.05, 3.63) is 45.6 Å². The van der Waals surface area contributed by atoms with Gasteiger partial charge in [0.1, 0.15) is 38.6 Å². The zero-order valence-corrected chi connectivity index (χ0v) is 51.2. The lowest BCUT2D eigenvalue weighted by molar-refractivity contribution is 0.0940. The van der Waals surface area contributed by atoms with Gasteiger partial charge in [0.25, 0.3) is 0 Å². The molecule has 0 aliphatic heterocycles. The number of rotatable bonds is 24. The zero-order chi connectivity index (χ0) is 49.6. The van der Waals surface area contributed by atoms with E-state index >= 15 is 0 Å². The summed E-state index contributed by atoms with van der Waals surface area (Å²) in [5.41, 5.74) is 4.36. The fourth-order valence-electron chi connectivity index (χ4n) is 10.8. The Balaban J connectivity index is 0.000000204. The van der Waals surface area contributed by atoms with Gasteiger partial charge in [-0.05, 0) is 109 Å². The average Bonchev–Trinajstić information content (AvgIpc) is 4.06. The van der Waals surface area contributed by atoms with Crippen LogP contribution < -0.4 is 9.80 Å². The van der Waals surface area contributed by atoms with Crippen LogP contribution in [0.25, 0.3) is 11.3 Å². The Labute approximate surface area is 434 Å². The lowest BCUT2D eigenvalue weighted by Gasteiger charge is -2.30. The predicted octanol–water partition coefficient (Wildman–Crippen LogP) is 13.5. The second kappa shape index (κ2) is 24.1. The number of ether oxygens (including phenoxy) is 4. The van der Waals surface area contributed by atoms with E-state index in [2.05, 4.69) is 128 Å². The van der Waals surface area contributed by atoms with Crippen molar-refractivity contribution in [1.82, 2.24) is 29.2 Å². The standard InChI is InChI=1S/C26H45IN4O2Si2.C26H46N4O2Si2/c1-34(2,3)11-9-32-18-30(19-33-10-12-35(4,5)6)25-16-24(29-26-23(27)17-28-31(25)26)22-14-20-7-8-21(13-20)15-22;1-33(2,3)13-11-31-19-29(20-32-12-14-34(4,5)6)26-18-24(28-25-9-10-27-30(25)26)23-16-21-7-8-22(15-21)17-23/h16-17,20-22H,7-15,18-19H2,1-6H3;9-10,18,21-23H,7-8,11-17,19-20H2,1-6H3. The minimum atomic E-state index is -1.14. The van der Waals surface area contributed by atoms with Crippen molar-refractivity contribution < 1.29 is 18.9 Å². The number of anilines is 2. The van der Waals surface area contributed by atoms with Crippen LogP contribution >= 0.6 is 22.6 Å². The molecule has 0 saturated heterocycles. The number of aromatic nitrogens is 6. The molecule has 4 heterocycles. The van der Waals surface area contributed by atoms with E-state index in [9.17, 15) is 0 Å². The first-order valence-electron chi connectivity index (χ1n) is 26.8. The highest BCUT2D eigenvalue weighted by atomic mass is 127. The summed E-state index contributed by atoms with van der Waals surface area (Å²) in [5.74, 6) is 6.76. The maximum atomic E-state index is 6.24. The van der Waals surface area contributed by atoms with Gasteiger partial charge >= 0.3 is 0 Å². The molecule has 4 aliphatic rings. The van der Waals surface area contributed by atoms with Crippen molar-refractivity contribution in [2.75, 3.05) is 63.2 Å². The molecule has 12 nitrogen and oxygen atoms in total. The lowest BCUT2D eigenvalue weighted by atomic mass is 9.79. The molecule has 4 unspecified atom stereocenters. The molecule has 4 aromatic heterocycles. The van der Waals surface area contributed by atoms with E-state index in [1.54, 1.807) is 0 Å². The molecule has 69 heavy (non-hydrogen) atoms. The van der Waals surface area contributed by atoms with E-state index in [4.69, 9.17) is 34.0 Å². The van der Waals surface area contributed by atoms with Gasteiger partial charge in [0.05, 0.1) is 16.0 Å². The van der Waals surface area contributed by atoms with Crippen LogP contribution in [0.15, 0.2) is 30.6 Å². The minimum absolute atomic E-state index is 0.516. The number of fused-ring (bicyclic) bond motifs is 6. The zero-order valence-electron chi connectivity index (χ0n) is 45.0. The largest absolute Gasteiger partial charge is 0.361 e. The third kappa shape index (κ3) is 16.9. The minimum Gasteiger partial charge on any atom is -0.361 e. The highest BCUT2D eigenvalue weighted by Gasteiger charge is 2.37. The summed E-state index contributed by atoms with van der Waals surface area (Å²) in [6.07, 6.45) is 17.4. The molecule has 386 valence electrons. The van der Waals surface area contributed by atoms with Crippen molar-refractivity contribution >= 4 is 77.8 Å². The Morgan fingerprint density at radius 1 is 0.522 bits per heavy atom. The predicted molar refractivity (Wildman–Crippen MR) is 305 cm³/mol. The van der Waals surface area contributed by atoms with Crippen molar-refractivity contribution in [3.8, 4) is 0 Å². The summed E-state index contributed by atoms with van der Waals surface area (Å²) >= 11 is 2.37. The smallest absolute Gasteiger partial charge is 0.171 e. The summed E-state index contributed by atoms with van der Waals surface area (Å²) in [7, 11) is -4.54. The Hall–Kier alpha value is -1.72. The van der Waals surface area contributed by atoms with E-state index in [-0.39, 0.29) is 0 Å². The highest BCUT2D eigenvalue weighted by molar-refractivity contribution is 14.1. The van der Waals surface area contributed by atoms with E-state index in [0.29, 0.717) is 38.8 Å². The molecule has 8 rings (SSSR count). The summed E-state index contributed by atoms with van der Waals surface area (Å²) in [4.78, 5) is 14.7. The van der Waals surface area contributed by atoms with Gasteiger partial charge < -0.3 is 28.7 Å². The van der Waals surface area contributed by atoms with Gasteiger partial charge in [0.2, 0.25) is 0 Å². The third-order valence-electron chi connectivity index (χ3n) is 15.0. The summed E-state index contributed by atoms with van der Waals surface area (Å²) in [5, 5.41) is 9.33. The van der Waals surface area contributed by atoms with Gasteiger partial charge in [0.15, 0.2) is 11.3 Å². The monoisotopic (exact) mass is 1130 g/mol. The van der Waals surface area contributed by atoms with Gasteiger partial charge in [-0.15, -0.1) is 0 Å². The van der Waals surface area contributed by atoms with Gasteiger partial charge in [-0.1, -0.05) is 104 Å². The molecular formula is C52H91IN8O4Si4. The van der Waals surface area contributed by atoms with Crippen molar-refractivity contribution in [2.24, 2.45) is 23.7 Å². The summed E-state index contributed by atoms with van der Waals surface area (Å²) < 4.78 is 29.9. The molecule has 4 saturated carbocycles. The maximum Gasteiger partial charge on any atom is 0.171 e. The Morgan fingerprint density at radius 2 is 0.899 bits per heavy atom. The van der Waals surface area contributed by atoms with Gasteiger partial charge in [0, 0.05) is 100 Å². The lowest BCUT2D eigenvalue weighted by Crippen LogP contribution is -2.33. The normalized spacial score (nSPS) is 22.9. The Bertz CT molecular complexity index is 2170. The first-order valence-corrected chi connectivity index (χ1v) is 42.7. The molecule has 0 radical (unpaired) electrons. The van der Waals surface area contributed by atoms with E-state index in [1.807, 2.05) is 27.5 Å². The second-order valence-electron chi connectivity index (χ2n) is 26.3. The molecule has 0 amide bonds. The van der Waals surface area contributed by atoms with E-state index in [0.717, 1.165) is 76.6 Å². The van der Waals surface area contributed by atoms with Crippen LogP contribution in [0.1, 0.15) is 87.4 Å². The van der Waals surface area contributed by atoms with Crippen molar-refractivity contribution in [1.29, 1.82) is 0 Å². The highest BCUT2D eigenvalue weighted by Crippen LogP contribution is 2.49.